The van der Waals surface area contributed by atoms with Crippen LogP contribution in [-0.4, -0.2) is 10.9 Å². The van der Waals surface area contributed by atoms with Gasteiger partial charge in [-0.15, -0.1) is 0 Å². The molecule has 4 heteroatoms. The van der Waals surface area contributed by atoms with E-state index in [-0.39, 0.29) is 17.1 Å². The Bertz CT molecular complexity index is 440. The molecule has 0 radical (unpaired) electrons. The molecule has 1 N–H and O–H groups in total. The summed E-state index contributed by atoms with van der Waals surface area (Å²) in [4.78, 5) is 22.5. The molecule has 4 nitrogen and oxygen atoms in total. The molecule has 14 heavy (non-hydrogen) atoms. The van der Waals surface area contributed by atoms with Gasteiger partial charge in [0.25, 0.3) is 0 Å². The lowest BCUT2D eigenvalue weighted by molar-refractivity contribution is 0.104. The SMILES string of the molecule is C/C=C/C(=O)c1c(O)cc(C)oc1=O. The number of rotatable bonds is 2. The van der Waals surface area contributed by atoms with E-state index in [9.17, 15) is 14.7 Å². The fraction of sp³-hybridized carbons (Fsp3) is 0.200. The average molecular weight is 194 g/mol. The third-order valence-corrected chi connectivity index (χ3v) is 1.62. The van der Waals surface area contributed by atoms with Gasteiger partial charge in [-0.2, -0.15) is 0 Å². The lowest BCUT2D eigenvalue weighted by Crippen LogP contribution is -2.12. The number of aromatic hydroxyl groups is 1. The number of allylic oxidation sites excluding steroid dienone is 2. The molecular weight excluding hydrogens is 184 g/mol. The van der Waals surface area contributed by atoms with E-state index in [0.29, 0.717) is 0 Å². The molecule has 0 atom stereocenters. The summed E-state index contributed by atoms with van der Waals surface area (Å²) in [5, 5.41) is 9.35. The Hall–Kier alpha value is -1.84. The smallest absolute Gasteiger partial charge is 0.351 e. The standard InChI is InChI=1S/C10H10O4/c1-3-4-7(11)9-8(12)5-6(2)14-10(9)13/h3-5,12H,1-2H3/b4-3+. The van der Waals surface area contributed by atoms with Crippen LogP contribution in [0.4, 0.5) is 0 Å². The molecule has 1 aromatic heterocycles. The third kappa shape index (κ3) is 1.90. The van der Waals surface area contributed by atoms with Crippen LogP contribution in [0.3, 0.4) is 0 Å². The predicted molar refractivity (Wildman–Crippen MR) is 50.5 cm³/mol. The third-order valence-electron chi connectivity index (χ3n) is 1.62. The second-order valence-corrected chi connectivity index (χ2v) is 2.77. The number of carbonyl (C=O) groups excluding carboxylic acids is 1. The lowest BCUT2D eigenvalue weighted by atomic mass is 10.1. The molecular formula is C10H10O4. The molecule has 0 aromatic carbocycles. The largest absolute Gasteiger partial charge is 0.507 e. The second-order valence-electron chi connectivity index (χ2n) is 2.77. The first-order valence-corrected chi connectivity index (χ1v) is 4.07. The highest BCUT2D eigenvalue weighted by Gasteiger charge is 2.15. The molecule has 74 valence electrons. The van der Waals surface area contributed by atoms with Gasteiger partial charge in [0, 0.05) is 6.07 Å². The Morgan fingerprint density at radius 2 is 2.21 bits per heavy atom. The first-order valence-electron chi connectivity index (χ1n) is 4.07. The Morgan fingerprint density at radius 3 is 2.71 bits per heavy atom. The summed E-state index contributed by atoms with van der Waals surface area (Å²) in [6.45, 7) is 3.16. The van der Waals surface area contributed by atoms with Crippen molar-refractivity contribution >= 4 is 5.78 Å². The van der Waals surface area contributed by atoms with Crippen LogP contribution in [-0.2, 0) is 0 Å². The zero-order valence-electron chi connectivity index (χ0n) is 7.90. The fourth-order valence-corrected chi connectivity index (χ4v) is 1.06. The van der Waals surface area contributed by atoms with E-state index in [2.05, 4.69) is 4.42 Å². The van der Waals surface area contributed by atoms with Crippen LogP contribution in [0.1, 0.15) is 23.0 Å². The van der Waals surface area contributed by atoms with Gasteiger partial charge in [-0.25, -0.2) is 4.79 Å². The summed E-state index contributed by atoms with van der Waals surface area (Å²) in [5.74, 6) is -0.634. The van der Waals surface area contributed by atoms with Crippen molar-refractivity contribution in [3.8, 4) is 5.75 Å². The van der Waals surface area contributed by atoms with Gasteiger partial charge in [-0.3, -0.25) is 4.79 Å². The van der Waals surface area contributed by atoms with Crippen molar-refractivity contribution in [3.63, 3.8) is 0 Å². The Balaban J connectivity index is 3.35. The number of carbonyl (C=O) groups is 1. The molecule has 0 unspecified atom stereocenters. The molecule has 0 bridgehead atoms. The molecule has 0 spiro atoms. The van der Waals surface area contributed by atoms with Gasteiger partial charge in [-0.1, -0.05) is 6.08 Å². The van der Waals surface area contributed by atoms with Gasteiger partial charge in [0.15, 0.2) is 5.78 Å². The summed E-state index contributed by atoms with van der Waals surface area (Å²) in [7, 11) is 0. The topological polar surface area (TPSA) is 67.5 Å². The predicted octanol–water partition coefficient (Wildman–Crippen LogP) is 1.41. The van der Waals surface area contributed by atoms with Crippen molar-refractivity contribution in [3.05, 3.63) is 40.0 Å². The van der Waals surface area contributed by atoms with Crippen LogP contribution in [0.15, 0.2) is 27.4 Å². The van der Waals surface area contributed by atoms with E-state index in [1.807, 2.05) is 0 Å². The van der Waals surface area contributed by atoms with Crippen LogP contribution in [0.25, 0.3) is 0 Å². The van der Waals surface area contributed by atoms with E-state index in [4.69, 9.17) is 0 Å². The molecule has 0 aliphatic heterocycles. The fourth-order valence-electron chi connectivity index (χ4n) is 1.06. The van der Waals surface area contributed by atoms with E-state index in [0.717, 1.165) is 0 Å². The molecule has 0 saturated heterocycles. The quantitative estimate of drug-likeness (QED) is 0.571. The maximum Gasteiger partial charge on any atom is 0.351 e. The normalized spacial score (nSPS) is 10.7. The van der Waals surface area contributed by atoms with E-state index in [1.54, 1.807) is 6.92 Å². The van der Waals surface area contributed by atoms with Crippen molar-refractivity contribution in [2.24, 2.45) is 0 Å². The molecule has 1 aromatic rings. The minimum absolute atomic E-state index is 0.268. The number of ketones is 1. The van der Waals surface area contributed by atoms with Crippen LogP contribution in [0, 0.1) is 6.92 Å². The highest BCUT2D eigenvalue weighted by atomic mass is 16.4. The molecule has 0 aliphatic rings. The molecule has 1 rings (SSSR count). The summed E-state index contributed by atoms with van der Waals surface area (Å²) < 4.78 is 4.69. The highest BCUT2D eigenvalue weighted by Crippen LogP contribution is 2.15. The lowest BCUT2D eigenvalue weighted by Gasteiger charge is -1.99. The first-order chi connectivity index (χ1) is 6.56. The Morgan fingerprint density at radius 1 is 1.57 bits per heavy atom. The zero-order valence-corrected chi connectivity index (χ0v) is 7.90. The van der Waals surface area contributed by atoms with E-state index < -0.39 is 11.4 Å². The Kier molecular flexibility index (Phi) is 2.86. The minimum Gasteiger partial charge on any atom is -0.507 e. The van der Waals surface area contributed by atoms with Gasteiger partial charge in [0.05, 0.1) is 0 Å². The maximum absolute atomic E-state index is 11.3. The van der Waals surface area contributed by atoms with Crippen molar-refractivity contribution in [2.45, 2.75) is 13.8 Å². The Labute approximate surface area is 80.5 Å². The minimum atomic E-state index is -0.814. The van der Waals surface area contributed by atoms with Crippen LogP contribution in [0.2, 0.25) is 0 Å². The molecule has 1 heterocycles. The summed E-state index contributed by atoms with van der Waals surface area (Å²) in [5.41, 5.74) is -1.14. The molecule has 0 amide bonds. The van der Waals surface area contributed by atoms with E-state index >= 15 is 0 Å². The maximum atomic E-state index is 11.3. The second kappa shape index (κ2) is 3.91. The number of hydrogen-bond donors (Lipinski definition) is 1. The van der Waals surface area contributed by atoms with Gasteiger partial charge in [0.1, 0.15) is 17.1 Å². The van der Waals surface area contributed by atoms with E-state index in [1.165, 1.54) is 25.1 Å². The summed E-state index contributed by atoms with van der Waals surface area (Å²) >= 11 is 0. The highest BCUT2D eigenvalue weighted by molar-refractivity contribution is 6.05. The van der Waals surface area contributed by atoms with Crippen molar-refractivity contribution in [1.82, 2.24) is 0 Å². The monoisotopic (exact) mass is 194 g/mol. The van der Waals surface area contributed by atoms with Crippen molar-refractivity contribution in [1.29, 1.82) is 0 Å². The number of hydrogen-bond acceptors (Lipinski definition) is 4. The molecule has 0 fully saturated rings. The molecule has 0 saturated carbocycles. The van der Waals surface area contributed by atoms with Gasteiger partial charge >= 0.3 is 5.63 Å². The summed E-state index contributed by atoms with van der Waals surface area (Å²) in [6.07, 6.45) is 2.68. The number of aryl methyl sites for hydroxylation is 1. The van der Waals surface area contributed by atoms with Crippen LogP contribution < -0.4 is 5.63 Å². The van der Waals surface area contributed by atoms with Crippen molar-refractivity contribution < 1.29 is 14.3 Å². The molecule has 0 aliphatic carbocycles. The van der Waals surface area contributed by atoms with Crippen molar-refractivity contribution in [2.75, 3.05) is 0 Å². The average Bonchev–Trinajstić information content (AvgIpc) is 2.01. The summed E-state index contributed by atoms with van der Waals surface area (Å²) in [6, 6.07) is 1.23. The van der Waals surface area contributed by atoms with Crippen LogP contribution >= 0.6 is 0 Å². The first kappa shape index (κ1) is 10.2. The van der Waals surface area contributed by atoms with Gasteiger partial charge in [-0.05, 0) is 19.9 Å². The van der Waals surface area contributed by atoms with Crippen LogP contribution in [0.5, 0.6) is 5.75 Å². The van der Waals surface area contributed by atoms with Gasteiger partial charge < -0.3 is 9.52 Å². The van der Waals surface area contributed by atoms with Gasteiger partial charge in [0.2, 0.25) is 0 Å². The zero-order chi connectivity index (χ0) is 10.7.